The number of nitrogens with one attached hydrogen (secondary N) is 1. The van der Waals surface area contributed by atoms with E-state index in [9.17, 15) is 23.2 Å². The first-order chi connectivity index (χ1) is 18.6. The average Bonchev–Trinajstić information content (AvgIpc) is 3.35. The number of ether oxygens (including phenoxy) is 1. The first-order valence-corrected chi connectivity index (χ1v) is 11.9. The van der Waals surface area contributed by atoms with Gasteiger partial charge in [-0.15, -0.1) is 0 Å². The Bertz CT molecular complexity index is 1840. The van der Waals surface area contributed by atoms with Crippen molar-refractivity contribution in [1.82, 2.24) is 23.7 Å². The lowest BCUT2D eigenvalue weighted by molar-refractivity contribution is 0.102. The van der Waals surface area contributed by atoms with Gasteiger partial charge in [-0.3, -0.25) is 14.2 Å². The Balaban J connectivity index is 1.46. The van der Waals surface area contributed by atoms with E-state index in [0.717, 1.165) is 29.0 Å². The van der Waals surface area contributed by atoms with E-state index in [2.05, 4.69) is 15.4 Å². The van der Waals surface area contributed by atoms with Crippen molar-refractivity contribution in [3.8, 4) is 17.3 Å². The zero-order valence-electron chi connectivity index (χ0n) is 21.1. The fourth-order valence-electron chi connectivity index (χ4n) is 3.96. The van der Waals surface area contributed by atoms with E-state index in [0.29, 0.717) is 11.3 Å². The van der Waals surface area contributed by atoms with Crippen LogP contribution in [-0.2, 0) is 0 Å². The SMILES string of the molecule is Cc1cc(Oc2ccc(NC(=O)c3cn(C(C)C)c(=O)n(-c4ccc(F)cc4)c3=O)cc2F)n2nccc2n1. The highest BCUT2D eigenvalue weighted by Gasteiger charge is 2.20. The van der Waals surface area contributed by atoms with Crippen molar-refractivity contribution in [2.45, 2.75) is 26.8 Å². The van der Waals surface area contributed by atoms with Crippen LogP contribution in [0.1, 0.15) is 35.9 Å². The smallest absolute Gasteiger partial charge is 0.335 e. The molecule has 0 atom stereocenters. The molecular formula is C27H22F2N6O4. The number of hydrogen-bond donors (Lipinski definition) is 1. The molecule has 2 aromatic carbocycles. The lowest BCUT2D eigenvalue weighted by Crippen LogP contribution is -2.42. The minimum absolute atomic E-state index is 0.0509. The molecule has 0 bridgehead atoms. The van der Waals surface area contributed by atoms with Gasteiger partial charge in [-0.05, 0) is 57.2 Å². The molecule has 198 valence electrons. The summed E-state index contributed by atoms with van der Waals surface area (Å²) in [5.41, 5.74) is -0.627. The van der Waals surface area contributed by atoms with Crippen molar-refractivity contribution in [3.05, 3.63) is 111 Å². The average molecular weight is 533 g/mol. The van der Waals surface area contributed by atoms with E-state index in [1.54, 1.807) is 32.9 Å². The summed E-state index contributed by atoms with van der Waals surface area (Å²) < 4.78 is 37.5. The largest absolute Gasteiger partial charge is 0.436 e. The normalized spacial score (nSPS) is 11.2. The molecule has 12 heteroatoms. The third-order valence-corrected chi connectivity index (χ3v) is 5.86. The summed E-state index contributed by atoms with van der Waals surface area (Å²) in [6.07, 6.45) is 2.69. The van der Waals surface area contributed by atoms with Gasteiger partial charge in [-0.1, -0.05) is 0 Å². The van der Waals surface area contributed by atoms with Crippen molar-refractivity contribution in [2.24, 2.45) is 0 Å². The van der Waals surface area contributed by atoms with Crippen LogP contribution in [0.4, 0.5) is 14.5 Å². The molecule has 10 nitrogen and oxygen atoms in total. The lowest BCUT2D eigenvalue weighted by atomic mass is 10.2. The maximum atomic E-state index is 15.0. The van der Waals surface area contributed by atoms with Gasteiger partial charge < -0.3 is 10.1 Å². The Labute approximate surface area is 219 Å². The predicted molar refractivity (Wildman–Crippen MR) is 139 cm³/mol. The number of carbonyl (C=O) groups is 1. The van der Waals surface area contributed by atoms with Gasteiger partial charge in [0.25, 0.3) is 11.5 Å². The van der Waals surface area contributed by atoms with E-state index in [4.69, 9.17) is 4.74 Å². The number of aryl methyl sites for hydroxylation is 1. The van der Waals surface area contributed by atoms with Crippen LogP contribution in [-0.4, -0.2) is 29.6 Å². The van der Waals surface area contributed by atoms with Gasteiger partial charge in [0.2, 0.25) is 5.88 Å². The van der Waals surface area contributed by atoms with Crippen molar-refractivity contribution < 1.29 is 18.3 Å². The van der Waals surface area contributed by atoms with Gasteiger partial charge >= 0.3 is 5.69 Å². The van der Waals surface area contributed by atoms with Gasteiger partial charge in [-0.25, -0.2) is 23.1 Å². The summed E-state index contributed by atoms with van der Waals surface area (Å²) in [6.45, 7) is 5.18. The van der Waals surface area contributed by atoms with E-state index < -0.39 is 34.8 Å². The second-order valence-corrected chi connectivity index (χ2v) is 8.98. The molecule has 0 spiro atoms. The van der Waals surface area contributed by atoms with Crippen molar-refractivity contribution >= 4 is 17.2 Å². The number of nitrogens with zero attached hydrogens (tertiary/aromatic N) is 5. The number of rotatable bonds is 6. The van der Waals surface area contributed by atoms with E-state index in [1.807, 2.05) is 0 Å². The van der Waals surface area contributed by atoms with Crippen LogP contribution < -0.4 is 21.3 Å². The molecule has 5 rings (SSSR count). The van der Waals surface area contributed by atoms with Crippen LogP contribution in [0, 0.1) is 18.6 Å². The van der Waals surface area contributed by atoms with Gasteiger partial charge in [0.1, 0.15) is 11.4 Å². The minimum Gasteiger partial charge on any atom is -0.436 e. The number of aromatic nitrogens is 5. The highest BCUT2D eigenvalue weighted by molar-refractivity contribution is 6.03. The molecule has 3 aromatic heterocycles. The summed E-state index contributed by atoms with van der Waals surface area (Å²) in [5.74, 6) is -2.06. The molecule has 0 aliphatic rings. The topological polar surface area (TPSA) is 113 Å². The van der Waals surface area contributed by atoms with Gasteiger partial charge in [0.05, 0.1) is 11.9 Å². The fourth-order valence-corrected chi connectivity index (χ4v) is 3.96. The molecular weight excluding hydrogens is 510 g/mol. The zero-order valence-corrected chi connectivity index (χ0v) is 21.1. The van der Waals surface area contributed by atoms with Crippen LogP contribution >= 0.6 is 0 Å². The standard InChI is InChI=1S/C27H22F2N6O4/c1-15(2)33-14-20(26(37)34(27(33)38)19-7-4-17(28)5-8-19)25(36)32-18-6-9-22(21(29)13-18)39-24-12-16(3)31-23-10-11-30-35(23)24/h4-15H,1-3H3,(H,32,36). The van der Waals surface area contributed by atoms with E-state index >= 15 is 0 Å². The maximum absolute atomic E-state index is 15.0. The third-order valence-electron chi connectivity index (χ3n) is 5.86. The summed E-state index contributed by atoms with van der Waals surface area (Å²) in [6, 6.07) is 11.4. The predicted octanol–water partition coefficient (Wildman–Crippen LogP) is 4.25. The van der Waals surface area contributed by atoms with Gasteiger partial charge in [0, 0.05) is 41.8 Å². The highest BCUT2D eigenvalue weighted by Crippen LogP contribution is 2.27. The molecule has 0 radical (unpaired) electrons. The highest BCUT2D eigenvalue weighted by atomic mass is 19.1. The Morgan fingerprint density at radius 3 is 2.46 bits per heavy atom. The monoisotopic (exact) mass is 532 g/mol. The molecule has 3 heterocycles. The Morgan fingerprint density at radius 1 is 1.03 bits per heavy atom. The molecule has 1 N–H and O–H groups in total. The second-order valence-electron chi connectivity index (χ2n) is 8.98. The Morgan fingerprint density at radius 2 is 1.77 bits per heavy atom. The minimum atomic E-state index is -0.905. The molecule has 39 heavy (non-hydrogen) atoms. The van der Waals surface area contributed by atoms with E-state index in [1.165, 1.54) is 39.5 Å². The van der Waals surface area contributed by atoms with Gasteiger partial charge in [-0.2, -0.15) is 9.61 Å². The quantitative estimate of drug-likeness (QED) is 0.350. The summed E-state index contributed by atoms with van der Waals surface area (Å²) in [4.78, 5) is 43.6. The Hall–Kier alpha value is -5.13. The Kier molecular flexibility index (Phi) is 6.52. The molecule has 1 amide bonds. The summed E-state index contributed by atoms with van der Waals surface area (Å²) in [7, 11) is 0. The second kappa shape index (κ2) is 9.97. The molecule has 0 aliphatic carbocycles. The first-order valence-electron chi connectivity index (χ1n) is 11.9. The lowest BCUT2D eigenvalue weighted by Gasteiger charge is -2.16. The summed E-state index contributed by atoms with van der Waals surface area (Å²) >= 11 is 0. The summed E-state index contributed by atoms with van der Waals surface area (Å²) in [5, 5.41) is 6.61. The molecule has 0 saturated carbocycles. The number of amides is 1. The maximum Gasteiger partial charge on any atom is 0.335 e. The molecule has 5 aromatic rings. The number of carbonyl (C=O) groups excluding carboxylic acids is 1. The first kappa shape index (κ1) is 25.5. The van der Waals surface area contributed by atoms with Crippen LogP contribution in [0.5, 0.6) is 11.6 Å². The molecule has 0 unspecified atom stereocenters. The number of halogens is 2. The number of anilines is 1. The van der Waals surface area contributed by atoms with Crippen LogP contribution in [0.3, 0.4) is 0 Å². The van der Waals surface area contributed by atoms with Crippen LogP contribution in [0.25, 0.3) is 11.3 Å². The van der Waals surface area contributed by atoms with Gasteiger partial charge in [0.15, 0.2) is 17.2 Å². The molecule has 0 fully saturated rings. The molecule has 0 saturated heterocycles. The third kappa shape index (κ3) is 4.91. The number of hydrogen-bond acceptors (Lipinski definition) is 6. The van der Waals surface area contributed by atoms with Crippen molar-refractivity contribution in [1.29, 1.82) is 0 Å². The van der Waals surface area contributed by atoms with Crippen molar-refractivity contribution in [3.63, 3.8) is 0 Å². The molecule has 0 aliphatic heterocycles. The number of fused-ring (bicyclic) bond motifs is 1. The van der Waals surface area contributed by atoms with Crippen molar-refractivity contribution in [2.75, 3.05) is 5.32 Å². The van der Waals surface area contributed by atoms with E-state index in [-0.39, 0.29) is 28.6 Å². The van der Waals surface area contributed by atoms with Crippen LogP contribution in [0.15, 0.2) is 76.6 Å². The van der Waals surface area contributed by atoms with Crippen LogP contribution in [0.2, 0.25) is 0 Å². The zero-order chi connectivity index (χ0) is 27.8. The number of benzene rings is 2. The fraction of sp³-hybridized carbons (Fsp3) is 0.148.